The van der Waals surface area contributed by atoms with Gasteiger partial charge in [-0.3, -0.25) is 14.5 Å². The lowest BCUT2D eigenvalue weighted by Crippen LogP contribution is -2.46. The van der Waals surface area contributed by atoms with Crippen molar-refractivity contribution in [2.45, 2.75) is 52.6 Å². The standard InChI is InChI=1S/C14H26N2O3/c1-10(2)7-16(12-5-6-12)13(17)8-15(11(3)4)9-14(18)19/h10-12H,5-9H2,1-4H3,(H,18,19). The molecule has 0 aromatic carbocycles. The van der Waals surface area contributed by atoms with Crippen LogP contribution in [-0.4, -0.2) is 58.5 Å². The molecule has 1 amide bonds. The minimum absolute atomic E-state index is 0.0557. The Hall–Kier alpha value is -1.10. The third-order valence-corrected chi connectivity index (χ3v) is 3.28. The van der Waals surface area contributed by atoms with Gasteiger partial charge in [0.2, 0.25) is 5.91 Å². The Bertz CT molecular complexity index is 325. The van der Waals surface area contributed by atoms with E-state index in [0.717, 1.165) is 19.4 Å². The van der Waals surface area contributed by atoms with Crippen molar-refractivity contribution in [3.63, 3.8) is 0 Å². The lowest BCUT2D eigenvalue weighted by molar-refractivity contribution is -0.140. The van der Waals surface area contributed by atoms with Crippen molar-refractivity contribution >= 4 is 11.9 Å². The van der Waals surface area contributed by atoms with Gasteiger partial charge in [0.15, 0.2) is 0 Å². The normalized spacial score (nSPS) is 15.3. The maximum Gasteiger partial charge on any atom is 0.317 e. The Labute approximate surface area is 115 Å². The summed E-state index contributed by atoms with van der Waals surface area (Å²) in [6.45, 7) is 8.92. The zero-order valence-corrected chi connectivity index (χ0v) is 12.4. The minimum atomic E-state index is -0.886. The number of rotatable bonds is 8. The Kier molecular flexibility index (Phi) is 5.79. The number of hydrogen-bond donors (Lipinski definition) is 1. The average molecular weight is 270 g/mol. The van der Waals surface area contributed by atoms with Gasteiger partial charge in [0, 0.05) is 18.6 Å². The van der Waals surface area contributed by atoms with Gasteiger partial charge in [0.25, 0.3) is 0 Å². The molecule has 0 aliphatic heterocycles. The van der Waals surface area contributed by atoms with Crippen LogP contribution in [-0.2, 0) is 9.59 Å². The maximum absolute atomic E-state index is 12.3. The first-order chi connectivity index (χ1) is 8.81. The number of carbonyl (C=O) groups is 2. The van der Waals surface area contributed by atoms with Crippen LogP contribution in [0, 0.1) is 5.92 Å². The van der Waals surface area contributed by atoms with Crippen LogP contribution in [0.4, 0.5) is 0 Å². The van der Waals surface area contributed by atoms with Crippen molar-refractivity contribution in [1.82, 2.24) is 9.80 Å². The molecule has 0 heterocycles. The number of carboxylic acid groups (broad SMARTS) is 1. The van der Waals surface area contributed by atoms with Gasteiger partial charge in [-0.15, -0.1) is 0 Å². The van der Waals surface area contributed by atoms with Crippen molar-refractivity contribution in [2.75, 3.05) is 19.6 Å². The molecule has 1 fully saturated rings. The summed E-state index contributed by atoms with van der Waals surface area (Å²) in [7, 11) is 0. The van der Waals surface area contributed by atoms with Crippen LogP contribution in [0.2, 0.25) is 0 Å². The fourth-order valence-electron chi connectivity index (χ4n) is 2.09. The van der Waals surface area contributed by atoms with Crippen LogP contribution in [0.1, 0.15) is 40.5 Å². The van der Waals surface area contributed by atoms with E-state index in [0.29, 0.717) is 12.0 Å². The number of aliphatic carboxylic acids is 1. The predicted octanol–water partition coefficient (Wildman–Crippen LogP) is 1.43. The molecule has 0 radical (unpaired) electrons. The van der Waals surface area contributed by atoms with E-state index in [-0.39, 0.29) is 25.0 Å². The monoisotopic (exact) mass is 270 g/mol. The molecule has 1 aliphatic carbocycles. The van der Waals surface area contributed by atoms with Gasteiger partial charge in [0.1, 0.15) is 0 Å². The van der Waals surface area contributed by atoms with Gasteiger partial charge in [-0.2, -0.15) is 0 Å². The number of carboxylic acids is 1. The Morgan fingerprint density at radius 1 is 1.16 bits per heavy atom. The van der Waals surface area contributed by atoms with Crippen molar-refractivity contribution in [3.8, 4) is 0 Å². The molecule has 1 saturated carbocycles. The van der Waals surface area contributed by atoms with Crippen LogP contribution in [0.3, 0.4) is 0 Å². The predicted molar refractivity (Wildman–Crippen MR) is 73.9 cm³/mol. The van der Waals surface area contributed by atoms with Crippen molar-refractivity contribution in [2.24, 2.45) is 5.92 Å². The van der Waals surface area contributed by atoms with E-state index in [2.05, 4.69) is 13.8 Å². The van der Waals surface area contributed by atoms with E-state index < -0.39 is 5.97 Å². The Morgan fingerprint density at radius 2 is 1.74 bits per heavy atom. The molecule has 1 aliphatic rings. The third-order valence-electron chi connectivity index (χ3n) is 3.28. The van der Waals surface area contributed by atoms with E-state index in [1.165, 1.54) is 0 Å². The molecule has 0 saturated heterocycles. The molecule has 5 nitrogen and oxygen atoms in total. The Morgan fingerprint density at radius 3 is 2.11 bits per heavy atom. The second-order valence-corrected chi connectivity index (χ2v) is 6.06. The largest absolute Gasteiger partial charge is 0.480 e. The molecule has 0 aromatic heterocycles. The summed E-state index contributed by atoms with van der Waals surface area (Å²) in [6, 6.07) is 0.439. The van der Waals surface area contributed by atoms with Gasteiger partial charge >= 0.3 is 5.97 Å². The summed E-state index contributed by atoms with van der Waals surface area (Å²) >= 11 is 0. The van der Waals surface area contributed by atoms with Crippen LogP contribution < -0.4 is 0 Å². The molecule has 1 N–H and O–H groups in total. The van der Waals surface area contributed by atoms with E-state index in [1.807, 2.05) is 18.7 Å². The summed E-state index contributed by atoms with van der Waals surface area (Å²) < 4.78 is 0. The summed E-state index contributed by atoms with van der Waals surface area (Å²) in [5, 5.41) is 8.88. The summed E-state index contributed by atoms with van der Waals surface area (Å²) in [6.07, 6.45) is 2.16. The van der Waals surface area contributed by atoms with Crippen molar-refractivity contribution in [1.29, 1.82) is 0 Å². The molecule has 0 bridgehead atoms. The highest BCUT2D eigenvalue weighted by molar-refractivity contribution is 5.80. The third kappa shape index (κ3) is 5.59. The zero-order chi connectivity index (χ0) is 14.6. The first-order valence-electron chi connectivity index (χ1n) is 7.06. The minimum Gasteiger partial charge on any atom is -0.480 e. The number of hydrogen-bond acceptors (Lipinski definition) is 3. The molecule has 1 rings (SSSR count). The smallest absolute Gasteiger partial charge is 0.317 e. The molecule has 5 heteroatoms. The lowest BCUT2D eigenvalue weighted by Gasteiger charge is -2.29. The SMILES string of the molecule is CC(C)CN(C(=O)CN(CC(=O)O)C(C)C)C1CC1. The van der Waals surface area contributed by atoms with E-state index in [4.69, 9.17) is 5.11 Å². The highest BCUT2D eigenvalue weighted by Gasteiger charge is 2.33. The van der Waals surface area contributed by atoms with Crippen LogP contribution in [0.25, 0.3) is 0 Å². The first-order valence-corrected chi connectivity index (χ1v) is 7.06. The number of amides is 1. The second kappa shape index (κ2) is 6.89. The van der Waals surface area contributed by atoms with E-state index in [9.17, 15) is 9.59 Å². The molecule has 0 unspecified atom stereocenters. The van der Waals surface area contributed by atoms with Crippen molar-refractivity contribution in [3.05, 3.63) is 0 Å². The van der Waals surface area contributed by atoms with Crippen LogP contribution >= 0.6 is 0 Å². The molecule has 110 valence electrons. The van der Waals surface area contributed by atoms with Gasteiger partial charge in [-0.05, 0) is 32.6 Å². The van der Waals surface area contributed by atoms with E-state index >= 15 is 0 Å². The van der Waals surface area contributed by atoms with Crippen LogP contribution in [0.15, 0.2) is 0 Å². The number of nitrogens with zero attached hydrogens (tertiary/aromatic N) is 2. The highest BCUT2D eigenvalue weighted by atomic mass is 16.4. The van der Waals surface area contributed by atoms with Gasteiger partial charge < -0.3 is 10.0 Å². The summed E-state index contributed by atoms with van der Waals surface area (Å²) in [4.78, 5) is 26.8. The van der Waals surface area contributed by atoms with Gasteiger partial charge in [-0.1, -0.05) is 13.8 Å². The first kappa shape index (κ1) is 16.0. The fraction of sp³-hybridized carbons (Fsp3) is 0.857. The molecule has 0 spiro atoms. The highest BCUT2D eigenvalue weighted by Crippen LogP contribution is 2.27. The van der Waals surface area contributed by atoms with Gasteiger partial charge in [0.05, 0.1) is 13.1 Å². The molecular formula is C14H26N2O3. The zero-order valence-electron chi connectivity index (χ0n) is 12.4. The van der Waals surface area contributed by atoms with Gasteiger partial charge in [-0.25, -0.2) is 0 Å². The van der Waals surface area contributed by atoms with E-state index in [1.54, 1.807) is 4.90 Å². The molecule has 19 heavy (non-hydrogen) atoms. The molecular weight excluding hydrogens is 244 g/mol. The van der Waals surface area contributed by atoms with Crippen LogP contribution in [0.5, 0.6) is 0 Å². The Balaban J connectivity index is 2.60. The lowest BCUT2D eigenvalue weighted by atomic mass is 10.2. The van der Waals surface area contributed by atoms with Crippen molar-refractivity contribution < 1.29 is 14.7 Å². The topological polar surface area (TPSA) is 60.9 Å². The summed E-state index contributed by atoms with van der Waals surface area (Å²) in [5.41, 5.74) is 0. The number of carbonyl (C=O) groups excluding carboxylic acids is 1. The summed E-state index contributed by atoms with van der Waals surface area (Å²) in [5.74, 6) is -0.383. The molecule has 0 atom stereocenters. The molecule has 0 aromatic rings. The second-order valence-electron chi connectivity index (χ2n) is 6.06. The average Bonchev–Trinajstić information content (AvgIpc) is 3.07. The fourth-order valence-corrected chi connectivity index (χ4v) is 2.09. The maximum atomic E-state index is 12.3. The quantitative estimate of drug-likeness (QED) is 0.725.